The van der Waals surface area contributed by atoms with E-state index in [1.54, 1.807) is 12.3 Å². The molecule has 2 heterocycles. The largest absolute Gasteiger partial charge is 0.483 e. The van der Waals surface area contributed by atoms with E-state index >= 15 is 0 Å². The highest BCUT2D eigenvalue weighted by Gasteiger charge is 2.27. The molecule has 0 aliphatic carbocycles. The lowest BCUT2D eigenvalue weighted by molar-refractivity contribution is 0.0520. The second kappa shape index (κ2) is 5.01. The van der Waals surface area contributed by atoms with Crippen molar-refractivity contribution in [2.45, 2.75) is 19.4 Å². The summed E-state index contributed by atoms with van der Waals surface area (Å²) in [6.45, 7) is 2.14. The molecular weight excluding hydrogens is 262 g/mol. The van der Waals surface area contributed by atoms with Gasteiger partial charge in [-0.2, -0.15) is 0 Å². The Morgan fingerprint density at radius 3 is 3.16 bits per heavy atom. The molecule has 5 heteroatoms. The maximum atomic E-state index is 11.6. The van der Waals surface area contributed by atoms with Gasteiger partial charge in [0.2, 0.25) is 0 Å². The van der Waals surface area contributed by atoms with Crippen LogP contribution < -0.4 is 4.74 Å². The van der Waals surface area contributed by atoms with Crippen LogP contribution in [-0.2, 0) is 11.2 Å². The Balaban J connectivity index is 1.77. The second-order valence-electron chi connectivity index (χ2n) is 4.21. The van der Waals surface area contributed by atoms with Crippen molar-refractivity contribution >= 4 is 17.3 Å². The maximum Gasteiger partial charge on any atom is 0.357 e. The minimum atomic E-state index is -0.375. The van der Waals surface area contributed by atoms with Crippen molar-refractivity contribution in [3.05, 3.63) is 45.9 Å². The molecule has 1 aliphatic heterocycles. The average molecular weight is 275 g/mol. The Labute approximate surface area is 115 Å². The molecule has 3 rings (SSSR count). The van der Waals surface area contributed by atoms with Crippen molar-refractivity contribution < 1.29 is 14.3 Å². The quantitative estimate of drug-likeness (QED) is 0.808. The fourth-order valence-electron chi connectivity index (χ4n) is 2.05. The van der Waals surface area contributed by atoms with Crippen LogP contribution in [0, 0.1) is 0 Å². The highest BCUT2D eigenvalue weighted by molar-refractivity contribution is 7.09. The normalized spacial score (nSPS) is 16.8. The molecule has 19 heavy (non-hydrogen) atoms. The molecule has 98 valence electrons. The second-order valence-corrected chi connectivity index (χ2v) is 5.10. The van der Waals surface area contributed by atoms with Gasteiger partial charge in [0.25, 0.3) is 0 Å². The van der Waals surface area contributed by atoms with Crippen molar-refractivity contribution in [3.8, 4) is 5.75 Å². The predicted molar refractivity (Wildman–Crippen MR) is 71.6 cm³/mol. The van der Waals surface area contributed by atoms with Crippen LogP contribution in [0.25, 0.3) is 0 Å². The van der Waals surface area contributed by atoms with Crippen molar-refractivity contribution in [3.63, 3.8) is 0 Å². The number of hydrogen-bond acceptors (Lipinski definition) is 5. The first kappa shape index (κ1) is 12.2. The van der Waals surface area contributed by atoms with E-state index in [4.69, 9.17) is 9.47 Å². The fraction of sp³-hybridized carbons (Fsp3) is 0.286. The highest BCUT2D eigenvalue weighted by atomic mass is 32.1. The minimum Gasteiger partial charge on any atom is -0.483 e. The van der Waals surface area contributed by atoms with E-state index in [1.807, 2.05) is 18.2 Å². The van der Waals surface area contributed by atoms with Gasteiger partial charge in [-0.05, 0) is 18.6 Å². The zero-order valence-electron chi connectivity index (χ0n) is 10.5. The summed E-state index contributed by atoms with van der Waals surface area (Å²) in [4.78, 5) is 15.9. The number of thiazole rings is 1. The van der Waals surface area contributed by atoms with Gasteiger partial charge in [-0.25, -0.2) is 9.78 Å². The van der Waals surface area contributed by atoms with Gasteiger partial charge in [0, 0.05) is 11.8 Å². The van der Waals surface area contributed by atoms with Crippen LogP contribution in [0.1, 0.15) is 34.1 Å². The van der Waals surface area contributed by atoms with Gasteiger partial charge in [0.15, 0.2) is 11.8 Å². The van der Waals surface area contributed by atoms with Gasteiger partial charge in [0.05, 0.1) is 6.61 Å². The first-order valence-electron chi connectivity index (χ1n) is 6.15. The van der Waals surface area contributed by atoms with Crippen LogP contribution in [-0.4, -0.2) is 17.6 Å². The molecule has 0 N–H and O–H groups in total. The number of fused-ring (bicyclic) bond motifs is 1. The molecule has 0 fully saturated rings. The van der Waals surface area contributed by atoms with Crippen molar-refractivity contribution in [1.82, 2.24) is 4.98 Å². The summed E-state index contributed by atoms with van der Waals surface area (Å²) in [6.07, 6.45) is 0.706. The Hall–Kier alpha value is -1.88. The SMILES string of the molecule is CCOC(=O)c1csc(C2Cc3ccccc3O2)n1. The summed E-state index contributed by atoms with van der Waals surface area (Å²) >= 11 is 1.43. The van der Waals surface area contributed by atoms with E-state index < -0.39 is 0 Å². The molecule has 0 radical (unpaired) electrons. The third kappa shape index (κ3) is 2.33. The maximum absolute atomic E-state index is 11.6. The van der Waals surface area contributed by atoms with E-state index in [1.165, 1.54) is 16.9 Å². The smallest absolute Gasteiger partial charge is 0.357 e. The van der Waals surface area contributed by atoms with E-state index in [0.29, 0.717) is 12.3 Å². The van der Waals surface area contributed by atoms with Gasteiger partial charge >= 0.3 is 5.97 Å². The molecule has 0 amide bonds. The number of para-hydroxylation sites is 1. The van der Waals surface area contributed by atoms with Crippen LogP contribution in [0.3, 0.4) is 0 Å². The number of aromatic nitrogens is 1. The number of nitrogens with zero attached hydrogens (tertiary/aromatic N) is 1. The number of carbonyl (C=O) groups is 1. The van der Waals surface area contributed by atoms with Crippen molar-refractivity contribution in [1.29, 1.82) is 0 Å². The number of ether oxygens (including phenoxy) is 2. The zero-order chi connectivity index (χ0) is 13.2. The molecule has 0 saturated heterocycles. The number of rotatable bonds is 3. The molecule has 0 saturated carbocycles. The molecule has 2 aromatic rings. The lowest BCUT2D eigenvalue weighted by atomic mass is 10.1. The van der Waals surface area contributed by atoms with Crippen LogP contribution in [0.5, 0.6) is 5.75 Å². The third-order valence-electron chi connectivity index (χ3n) is 2.93. The van der Waals surface area contributed by atoms with E-state index in [0.717, 1.165) is 17.2 Å². The molecule has 1 aliphatic rings. The minimum absolute atomic E-state index is 0.0921. The van der Waals surface area contributed by atoms with Crippen molar-refractivity contribution in [2.75, 3.05) is 6.61 Å². The third-order valence-corrected chi connectivity index (χ3v) is 3.87. The number of carbonyl (C=O) groups excluding carboxylic acids is 1. The van der Waals surface area contributed by atoms with Crippen LogP contribution in [0.4, 0.5) is 0 Å². The number of hydrogen-bond donors (Lipinski definition) is 0. The van der Waals surface area contributed by atoms with Crippen LogP contribution in [0.15, 0.2) is 29.6 Å². The zero-order valence-corrected chi connectivity index (χ0v) is 11.3. The summed E-state index contributed by atoms with van der Waals surface area (Å²) in [5, 5.41) is 2.54. The first-order valence-corrected chi connectivity index (χ1v) is 7.03. The van der Waals surface area contributed by atoms with E-state index in [9.17, 15) is 4.79 Å². The Kier molecular flexibility index (Phi) is 3.21. The molecule has 0 spiro atoms. The lowest BCUT2D eigenvalue weighted by Gasteiger charge is -2.06. The fourth-order valence-corrected chi connectivity index (χ4v) is 2.87. The Morgan fingerprint density at radius 1 is 1.53 bits per heavy atom. The Morgan fingerprint density at radius 2 is 2.37 bits per heavy atom. The van der Waals surface area contributed by atoms with Gasteiger partial charge in [-0.15, -0.1) is 11.3 Å². The summed E-state index contributed by atoms with van der Waals surface area (Å²) < 4.78 is 10.8. The Bertz CT molecular complexity index is 583. The molecule has 0 bridgehead atoms. The lowest BCUT2D eigenvalue weighted by Crippen LogP contribution is -2.07. The monoisotopic (exact) mass is 275 g/mol. The van der Waals surface area contributed by atoms with Gasteiger partial charge in [0.1, 0.15) is 10.8 Å². The standard InChI is InChI=1S/C14H13NO3S/c1-2-17-14(16)10-8-19-13(15-10)12-7-9-5-3-4-6-11(9)18-12/h3-6,8,12H,2,7H2,1H3. The summed E-state index contributed by atoms with van der Waals surface area (Å²) in [5.74, 6) is 0.529. The predicted octanol–water partition coefficient (Wildman–Crippen LogP) is 3.00. The molecule has 1 unspecified atom stereocenters. The highest BCUT2D eigenvalue weighted by Crippen LogP contribution is 2.37. The van der Waals surface area contributed by atoms with Crippen LogP contribution >= 0.6 is 11.3 Å². The summed E-state index contributed by atoms with van der Waals surface area (Å²) in [7, 11) is 0. The molecular formula is C14H13NO3S. The average Bonchev–Trinajstić information content (AvgIpc) is 3.05. The summed E-state index contributed by atoms with van der Waals surface area (Å²) in [6, 6.07) is 7.95. The van der Waals surface area contributed by atoms with Gasteiger partial charge in [-0.3, -0.25) is 0 Å². The molecule has 1 atom stereocenters. The number of benzene rings is 1. The molecule has 1 aromatic carbocycles. The van der Waals surface area contributed by atoms with Crippen LogP contribution in [0.2, 0.25) is 0 Å². The van der Waals surface area contributed by atoms with Gasteiger partial charge in [-0.1, -0.05) is 18.2 Å². The van der Waals surface area contributed by atoms with E-state index in [-0.39, 0.29) is 12.1 Å². The topological polar surface area (TPSA) is 48.4 Å². The summed E-state index contributed by atoms with van der Waals surface area (Å²) in [5.41, 5.74) is 1.54. The first-order chi connectivity index (χ1) is 9.28. The molecule has 4 nitrogen and oxygen atoms in total. The van der Waals surface area contributed by atoms with Gasteiger partial charge < -0.3 is 9.47 Å². The molecule has 1 aromatic heterocycles. The van der Waals surface area contributed by atoms with E-state index in [2.05, 4.69) is 11.1 Å². The number of esters is 1. The van der Waals surface area contributed by atoms with Crippen molar-refractivity contribution in [2.24, 2.45) is 0 Å².